The van der Waals surface area contributed by atoms with Gasteiger partial charge in [-0.15, -0.1) is 0 Å². The third kappa shape index (κ3) is 11.9. The summed E-state index contributed by atoms with van der Waals surface area (Å²) in [4.78, 5) is 62.8. The molecule has 0 unspecified atom stereocenters. The Morgan fingerprint density at radius 3 is 1.84 bits per heavy atom. The number of aryl methyl sites for hydroxylation is 1. The predicted molar refractivity (Wildman–Crippen MR) is 326 cm³/mol. The second kappa shape index (κ2) is 25.0. The lowest BCUT2D eigenvalue weighted by Gasteiger charge is -2.45. The maximum absolute atomic E-state index is 13.6. The van der Waals surface area contributed by atoms with Gasteiger partial charge in [-0.25, -0.2) is 19.7 Å². The molecule has 6 aromatic carbocycles. The summed E-state index contributed by atoms with van der Waals surface area (Å²) in [5.74, 6) is 1.09. The van der Waals surface area contributed by atoms with Gasteiger partial charge in [-0.2, -0.15) is 5.06 Å². The fourth-order valence-corrected chi connectivity index (χ4v) is 16.7. The molecule has 5 heterocycles. The van der Waals surface area contributed by atoms with Gasteiger partial charge in [-0.05, 0) is 81.8 Å². The van der Waals surface area contributed by atoms with Crippen LogP contribution in [0.5, 0.6) is 11.5 Å². The van der Waals surface area contributed by atoms with Gasteiger partial charge in [0, 0.05) is 43.3 Å². The lowest BCUT2D eigenvalue weighted by atomic mass is 9.80. The van der Waals surface area contributed by atoms with E-state index in [9.17, 15) is 14.4 Å². The standard InChI is InChI=1S/C66H70N8O10Si/c1-44-38-73(64(77)71-62(44)75)58-37-54(84-85(65(2,3)4,52-24-16-10-17-25-52)53-26-18-11-19-27-53)56(83-58)41-81-72(5)39-46-36-57(74-43-69-59-60(67-42-68-61(59)74)70-63(76)45-20-12-8-13-21-45)82-55(46)40-80-66(47-22-14-9-15-23-47,48-28-32-50(78-6)33-29-48)49-30-34-51(79-7)35-31-49/h8-35,38,42-43,46,54-58H,36-37,39-41H2,1-7H3,(H,71,75,77)(H,67,68,70,76)/t46-,54+,55-,56-,57-,58-/m1/s1. The monoisotopic (exact) mass is 1160 g/mol. The van der Waals surface area contributed by atoms with Crippen molar-refractivity contribution in [1.29, 1.82) is 0 Å². The van der Waals surface area contributed by atoms with Gasteiger partial charge in [0.05, 0.1) is 46.0 Å². The van der Waals surface area contributed by atoms with Crippen LogP contribution in [0.3, 0.4) is 0 Å². The number of hydrogen-bond acceptors (Lipinski definition) is 14. The SMILES string of the molecule is COc1ccc(C(OC[C@H]2O[C@@H](n3cnc4c(NC(=O)c5ccccc5)ncnc43)C[C@@H]2CN(C)OC[C@H]2O[C@@H](n3cc(C)c(=O)[nH]c3=O)C[C@@H]2O[Si](c2ccccc2)(c2ccccc2)C(C)(C)C)(c2ccccc2)c2ccc(OC)cc2)cc1. The lowest BCUT2D eigenvalue weighted by molar-refractivity contribution is -0.187. The summed E-state index contributed by atoms with van der Waals surface area (Å²) in [5, 5.41) is 6.55. The minimum atomic E-state index is -3.18. The van der Waals surface area contributed by atoms with Crippen molar-refractivity contribution in [3.8, 4) is 11.5 Å². The van der Waals surface area contributed by atoms with Gasteiger partial charge < -0.3 is 33.4 Å². The summed E-state index contributed by atoms with van der Waals surface area (Å²) in [6.45, 7) is 8.85. The molecule has 85 heavy (non-hydrogen) atoms. The highest BCUT2D eigenvalue weighted by Gasteiger charge is 2.54. The molecule has 3 aromatic heterocycles. The van der Waals surface area contributed by atoms with Gasteiger partial charge in [-0.1, -0.05) is 154 Å². The van der Waals surface area contributed by atoms with E-state index in [0.29, 0.717) is 53.2 Å². The number of aromatic amines is 1. The van der Waals surface area contributed by atoms with Gasteiger partial charge >= 0.3 is 5.69 Å². The highest BCUT2D eigenvalue weighted by atomic mass is 28.4. The number of hydrogen-bond donors (Lipinski definition) is 2. The number of carbonyl (C=O) groups is 1. The van der Waals surface area contributed by atoms with Gasteiger partial charge in [0.1, 0.15) is 42.0 Å². The van der Waals surface area contributed by atoms with Crippen LogP contribution < -0.4 is 36.4 Å². The topological polar surface area (TPSA) is 195 Å². The second-order valence-corrected chi connectivity index (χ2v) is 26.8. The fraction of sp³-hybridized carbons (Fsp3) is 0.303. The minimum Gasteiger partial charge on any atom is -0.497 e. The second-order valence-electron chi connectivity index (χ2n) is 22.6. The molecule has 0 aliphatic carbocycles. The maximum Gasteiger partial charge on any atom is 0.330 e. The molecule has 2 aliphatic rings. The number of methoxy groups -OCH3 is 2. The van der Waals surface area contributed by atoms with Crippen molar-refractivity contribution in [1.82, 2.24) is 34.1 Å². The Morgan fingerprint density at radius 1 is 0.694 bits per heavy atom. The molecule has 6 atom stereocenters. The van der Waals surface area contributed by atoms with Crippen LogP contribution in [0.4, 0.5) is 5.82 Å². The summed E-state index contributed by atoms with van der Waals surface area (Å²) in [7, 11) is 1.99. The Hall–Kier alpha value is -8.40. The number of aromatic nitrogens is 6. The van der Waals surface area contributed by atoms with Crippen LogP contribution in [-0.4, -0.2) is 108 Å². The normalized spacial score (nSPS) is 19.1. The van der Waals surface area contributed by atoms with Crippen LogP contribution >= 0.6 is 0 Å². The van der Waals surface area contributed by atoms with E-state index in [-0.39, 0.29) is 35.9 Å². The Kier molecular flexibility index (Phi) is 17.2. The number of nitrogens with one attached hydrogen (secondary N) is 2. The number of ether oxygens (including phenoxy) is 5. The number of imidazole rings is 1. The average molecular weight is 1160 g/mol. The van der Waals surface area contributed by atoms with Crippen molar-refractivity contribution in [3.05, 3.63) is 237 Å². The predicted octanol–water partition coefficient (Wildman–Crippen LogP) is 8.96. The van der Waals surface area contributed by atoms with Crippen LogP contribution in [0.1, 0.15) is 78.7 Å². The Balaban J connectivity index is 0.930. The molecule has 2 aliphatic heterocycles. The average Bonchev–Trinajstić information content (AvgIpc) is 2.51. The maximum atomic E-state index is 13.6. The zero-order valence-electron chi connectivity index (χ0n) is 48.7. The van der Waals surface area contributed by atoms with Crippen LogP contribution in [0.2, 0.25) is 5.04 Å². The fourth-order valence-electron chi connectivity index (χ4n) is 12.0. The van der Waals surface area contributed by atoms with E-state index in [1.807, 2.05) is 121 Å². The van der Waals surface area contributed by atoms with Crippen molar-refractivity contribution < 1.29 is 37.7 Å². The number of benzene rings is 6. The molecule has 0 radical (unpaired) electrons. The molecule has 438 valence electrons. The van der Waals surface area contributed by atoms with Gasteiger partial charge in [-0.3, -0.25) is 28.5 Å². The number of amides is 1. The third-order valence-corrected chi connectivity index (χ3v) is 21.3. The Morgan fingerprint density at radius 2 is 1.25 bits per heavy atom. The third-order valence-electron chi connectivity index (χ3n) is 16.3. The summed E-state index contributed by atoms with van der Waals surface area (Å²) < 4.78 is 43.9. The largest absolute Gasteiger partial charge is 0.497 e. The van der Waals surface area contributed by atoms with Crippen molar-refractivity contribution in [2.24, 2.45) is 5.92 Å². The molecular formula is C66H70N8O10Si. The quantitative estimate of drug-likeness (QED) is 0.0393. The van der Waals surface area contributed by atoms with E-state index in [0.717, 1.165) is 27.1 Å². The van der Waals surface area contributed by atoms with Crippen LogP contribution in [0.25, 0.3) is 11.2 Å². The molecule has 18 nitrogen and oxygen atoms in total. The summed E-state index contributed by atoms with van der Waals surface area (Å²) in [5.41, 5.74) is 2.16. The van der Waals surface area contributed by atoms with Crippen LogP contribution in [0.15, 0.2) is 198 Å². The van der Waals surface area contributed by atoms with Crippen molar-refractivity contribution >= 4 is 41.6 Å². The molecule has 9 aromatic rings. The van der Waals surface area contributed by atoms with E-state index in [4.69, 9.17) is 37.9 Å². The number of anilines is 1. The van der Waals surface area contributed by atoms with Crippen LogP contribution in [0, 0.1) is 12.8 Å². The van der Waals surface area contributed by atoms with Gasteiger partial charge in [0.25, 0.3) is 19.8 Å². The van der Waals surface area contributed by atoms with Gasteiger partial charge in [0.15, 0.2) is 17.0 Å². The number of H-pyrrole nitrogens is 1. The van der Waals surface area contributed by atoms with Crippen LogP contribution in [-0.2, 0) is 29.1 Å². The molecule has 2 fully saturated rings. The highest BCUT2D eigenvalue weighted by Crippen LogP contribution is 2.45. The first kappa shape index (κ1) is 58.4. The lowest BCUT2D eigenvalue weighted by Crippen LogP contribution is -2.68. The zero-order valence-corrected chi connectivity index (χ0v) is 49.7. The Labute approximate surface area is 494 Å². The number of carbonyl (C=O) groups excluding carboxylic acids is 1. The first-order valence-corrected chi connectivity index (χ1v) is 30.4. The molecule has 0 saturated carbocycles. The number of nitrogens with zero attached hydrogens (tertiary/aromatic N) is 6. The van der Waals surface area contributed by atoms with E-state index in [1.165, 1.54) is 10.9 Å². The molecule has 11 rings (SSSR count). The number of hydroxylamine groups is 2. The number of rotatable bonds is 21. The number of fused-ring (bicyclic) bond motifs is 1. The zero-order chi connectivity index (χ0) is 59.3. The first-order valence-electron chi connectivity index (χ1n) is 28.5. The minimum absolute atomic E-state index is 0.0533. The van der Waals surface area contributed by atoms with Crippen molar-refractivity contribution in [2.75, 3.05) is 46.3 Å². The van der Waals surface area contributed by atoms with Crippen molar-refractivity contribution in [3.63, 3.8) is 0 Å². The molecule has 19 heteroatoms. The van der Waals surface area contributed by atoms with E-state index >= 15 is 0 Å². The summed E-state index contributed by atoms with van der Waals surface area (Å²) in [6.07, 6.45) is 2.23. The molecule has 1 amide bonds. The van der Waals surface area contributed by atoms with Crippen molar-refractivity contribution in [2.45, 2.75) is 81.9 Å². The van der Waals surface area contributed by atoms with E-state index < -0.39 is 55.9 Å². The highest BCUT2D eigenvalue weighted by molar-refractivity contribution is 6.99. The summed E-state index contributed by atoms with van der Waals surface area (Å²) in [6, 6.07) is 55.6. The summed E-state index contributed by atoms with van der Waals surface area (Å²) >= 11 is 0. The van der Waals surface area contributed by atoms with Gasteiger partial charge in [0.2, 0.25) is 0 Å². The first-order chi connectivity index (χ1) is 41.2. The Bertz CT molecular complexity index is 3740. The molecule has 0 spiro atoms. The molecule has 2 saturated heterocycles. The molecular weight excluding hydrogens is 1090 g/mol. The molecule has 0 bridgehead atoms. The van der Waals surface area contributed by atoms with E-state index in [1.54, 1.807) is 63.0 Å². The smallest absolute Gasteiger partial charge is 0.330 e. The van der Waals surface area contributed by atoms with E-state index in [2.05, 4.69) is 77.4 Å². The molecule has 2 N–H and O–H groups in total.